The molecule has 0 aliphatic rings. The molecule has 2 aromatic carbocycles. The molecule has 0 atom stereocenters. The zero-order valence-electron chi connectivity index (χ0n) is 10.6. The molecule has 0 fully saturated rings. The lowest BCUT2D eigenvalue weighted by Gasteiger charge is -2.12. The molecule has 0 saturated carbocycles. The molecule has 2 N–H and O–H groups in total. The van der Waals surface area contributed by atoms with Gasteiger partial charge in [-0.15, -0.1) is 0 Å². The number of rotatable bonds is 4. The zero-order valence-corrected chi connectivity index (χ0v) is 13.0. The van der Waals surface area contributed by atoms with Crippen molar-refractivity contribution in [1.29, 1.82) is 0 Å². The van der Waals surface area contributed by atoms with Crippen LogP contribution in [0.15, 0.2) is 40.9 Å². The number of hydrogen-bond acceptors (Lipinski definition) is 2. The van der Waals surface area contributed by atoms with Crippen LogP contribution in [-0.4, -0.2) is 6.54 Å². The summed E-state index contributed by atoms with van der Waals surface area (Å²) in [5.41, 5.74) is 7.71. The van der Waals surface area contributed by atoms with E-state index in [1.54, 1.807) is 0 Å². The van der Waals surface area contributed by atoms with Crippen molar-refractivity contribution >= 4 is 27.5 Å². The van der Waals surface area contributed by atoms with Crippen LogP contribution in [0.1, 0.15) is 11.1 Å². The standard InChI is InChI=1S/C15H15BrClNO/c1-10-8-13(3-4-14(10)17)19-15-5-2-12(16)9-11(15)6-7-18/h2-5,8-9H,6-7,18H2,1H3. The summed E-state index contributed by atoms with van der Waals surface area (Å²) in [4.78, 5) is 0. The molecular weight excluding hydrogens is 326 g/mol. The van der Waals surface area contributed by atoms with Crippen LogP contribution in [0, 0.1) is 6.92 Å². The van der Waals surface area contributed by atoms with E-state index in [0.29, 0.717) is 6.54 Å². The molecule has 19 heavy (non-hydrogen) atoms. The summed E-state index contributed by atoms with van der Waals surface area (Å²) in [7, 11) is 0. The largest absolute Gasteiger partial charge is 0.457 e. The van der Waals surface area contributed by atoms with Gasteiger partial charge in [0.05, 0.1) is 0 Å². The summed E-state index contributed by atoms with van der Waals surface area (Å²) in [5.74, 6) is 1.61. The Morgan fingerprint density at radius 3 is 2.68 bits per heavy atom. The molecule has 0 saturated heterocycles. The second kappa shape index (κ2) is 6.42. The first-order chi connectivity index (χ1) is 9.10. The molecule has 2 nitrogen and oxygen atoms in total. The average molecular weight is 341 g/mol. The molecule has 0 aliphatic heterocycles. The van der Waals surface area contributed by atoms with Crippen LogP contribution in [-0.2, 0) is 6.42 Å². The lowest BCUT2D eigenvalue weighted by atomic mass is 10.1. The zero-order chi connectivity index (χ0) is 13.8. The van der Waals surface area contributed by atoms with Crippen LogP contribution >= 0.6 is 27.5 Å². The maximum Gasteiger partial charge on any atom is 0.130 e. The van der Waals surface area contributed by atoms with Crippen molar-refractivity contribution in [2.24, 2.45) is 5.73 Å². The summed E-state index contributed by atoms with van der Waals surface area (Å²) in [6.45, 7) is 2.55. The minimum atomic E-state index is 0.590. The van der Waals surface area contributed by atoms with Crippen molar-refractivity contribution in [2.45, 2.75) is 13.3 Å². The Hall–Kier alpha value is -1.03. The lowest BCUT2D eigenvalue weighted by molar-refractivity contribution is 0.475. The molecule has 0 unspecified atom stereocenters. The Kier molecular flexibility index (Phi) is 4.86. The van der Waals surface area contributed by atoms with Gasteiger partial charge in [-0.3, -0.25) is 0 Å². The number of ether oxygens (including phenoxy) is 1. The molecule has 0 bridgehead atoms. The van der Waals surface area contributed by atoms with E-state index in [0.717, 1.165) is 38.5 Å². The van der Waals surface area contributed by atoms with Crippen LogP contribution in [0.4, 0.5) is 0 Å². The third-order valence-corrected chi connectivity index (χ3v) is 3.71. The van der Waals surface area contributed by atoms with Gasteiger partial charge in [0.1, 0.15) is 11.5 Å². The fraction of sp³-hybridized carbons (Fsp3) is 0.200. The quantitative estimate of drug-likeness (QED) is 0.875. The summed E-state index contributed by atoms with van der Waals surface area (Å²) in [5, 5.41) is 0.741. The van der Waals surface area contributed by atoms with Crippen LogP contribution < -0.4 is 10.5 Å². The molecule has 2 aromatic rings. The first kappa shape index (κ1) is 14.4. The van der Waals surface area contributed by atoms with Crippen LogP contribution in [0.25, 0.3) is 0 Å². The second-order valence-electron chi connectivity index (χ2n) is 4.30. The van der Waals surface area contributed by atoms with Gasteiger partial charge in [0.15, 0.2) is 0 Å². The predicted molar refractivity (Wildman–Crippen MR) is 83.2 cm³/mol. The molecule has 0 spiro atoms. The van der Waals surface area contributed by atoms with E-state index in [1.165, 1.54) is 0 Å². The highest BCUT2D eigenvalue weighted by Gasteiger charge is 2.06. The van der Waals surface area contributed by atoms with Gasteiger partial charge in [-0.25, -0.2) is 0 Å². The van der Waals surface area contributed by atoms with E-state index in [9.17, 15) is 0 Å². The van der Waals surface area contributed by atoms with Gasteiger partial charge in [-0.1, -0.05) is 27.5 Å². The van der Waals surface area contributed by atoms with E-state index in [4.69, 9.17) is 22.1 Å². The van der Waals surface area contributed by atoms with Gasteiger partial charge < -0.3 is 10.5 Å². The van der Waals surface area contributed by atoms with Crippen molar-refractivity contribution in [3.63, 3.8) is 0 Å². The molecule has 0 aromatic heterocycles. The maximum atomic E-state index is 6.01. The van der Waals surface area contributed by atoms with E-state index >= 15 is 0 Å². The Balaban J connectivity index is 2.29. The van der Waals surface area contributed by atoms with Crippen LogP contribution in [0.2, 0.25) is 5.02 Å². The fourth-order valence-electron chi connectivity index (χ4n) is 1.81. The van der Waals surface area contributed by atoms with Crippen molar-refractivity contribution in [3.05, 3.63) is 57.0 Å². The highest BCUT2D eigenvalue weighted by Crippen LogP contribution is 2.30. The van der Waals surface area contributed by atoms with Gasteiger partial charge in [-0.2, -0.15) is 0 Å². The van der Waals surface area contributed by atoms with Gasteiger partial charge in [0.25, 0.3) is 0 Å². The Morgan fingerprint density at radius 1 is 1.21 bits per heavy atom. The monoisotopic (exact) mass is 339 g/mol. The van der Waals surface area contributed by atoms with E-state index < -0.39 is 0 Å². The summed E-state index contributed by atoms with van der Waals surface area (Å²) in [6, 6.07) is 11.6. The van der Waals surface area contributed by atoms with E-state index in [2.05, 4.69) is 15.9 Å². The number of benzene rings is 2. The highest BCUT2D eigenvalue weighted by molar-refractivity contribution is 9.10. The number of aryl methyl sites for hydroxylation is 1. The van der Waals surface area contributed by atoms with Gasteiger partial charge >= 0.3 is 0 Å². The molecule has 2 rings (SSSR count). The number of nitrogens with two attached hydrogens (primary N) is 1. The Bertz CT molecular complexity index is 586. The number of halogens is 2. The third kappa shape index (κ3) is 3.72. The van der Waals surface area contributed by atoms with E-state index in [1.807, 2.05) is 43.3 Å². The van der Waals surface area contributed by atoms with E-state index in [-0.39, 0.29) is 0 Å². The van der Waals surface area contributed by atoms with Crippen molar-refractivity contribution in [1.82, 2.24) is 0 Å². The van der Waals surface area contributed by atoms with Crippen LogP contribution in [0.3, 0.4) is 0 Å². The normalized spacial score (nSPS) is 10.5. The summed E-state index contributed by atoms with van der Waals surface area (Å²) >= 11 is 9.47. The van der Waals surface area contributed by atoms with Crippen molar-refractivity contribution < 1.29 is 4.74 Å². The van der Waals surface area contributed by atoms with Crippen LogP contribution in [0.5, 0.6) is 11.5 Å². The molecule has 100 valence electrons. The summed E-state index contributed by atoms with van der Waals surface area (Å²) < 4.78 is 6.94. The van der Waals surface area contributed by atoms with Gasteiger partial charge in [0, 0.05) is 9.50 Å². The number of hydrogen-bond donors (Lipinski definition) is 1. The molecule has 0 amide bonds. The first-order valence-electron chi connectivity index (χ1n) is 6.02. The average Bonchev–Trinajstić information content (AvgIpc) is 2.37. The second-order valence-corrected chi connectivity index (χ2v) is 5.63. The Labute approximate surface area is 126 Å². The molecular formula is C15H15BrClNO. The SMILES string of the molecule is Cc1cc(Oc2ccc(Br)cc2CCN)ccc1Cl. The Morgan fingerprint density at radius 2 is 2.00 bits per heavy atom. The molecule has 0 radical (unpaired) electrons. The van der Waals surface area contributed by atoms with Crippen molar-refractivity contribution in [2.75, 3.05) is 6.54 Å². The van der Waals surface area contributed by atoms with Crippen molar-refractivity contribution in [3.8, 4) is 11.5 Å². The smallest absolute Gasteiger partial charge is 0.130 e. The third-order valence-electron chi connectivity index (χ3n) is 2.79. The predicted octanol–water partition coefficient (Wildman–Crippen LogP) is 4.70. The minimum Gasteiger partial charge on any atom is -0.457 e. The maximum absolute atomic E-state index is 6.01. The molecule has 4 heteroatoms. The fourth-order valence-corrected chi connectivity index (χ4v) is 2.33. The lowest BCUT2D eigenvalue weighted by Crippen LogP contribution is -2.04. The minimum absolute atomic E-state index is 0.590. The molecule has 0 aliphatic carbocycles. The van der Waals surface area contributed by atoms with Gasteiger partial charge in [0.2, 0.25) is 0 Å². The van der Waals surface area contributed by atoms with Gasteiger partial charge in [-0.05, 0) is 67.4 Å². The topological polar surface area (TPSA) is 35.2 Å². The first-order valence-corrected chi connectivity index (χ1v) is 7.20. The summed E-state index contributed by atoms with van der Waals surface area (Å²) in [6.07, 6.45) is 0.779. The molecule has 0 heterocycles. The highest BCUT2D eigenvalue weighted by atomic mass is 79.9.